The van der Waals surface area contributed by atoms with E-state index in [1.54, 1.807) is 69.2 Å². The second kappa shape index (κ2) is 8.48. The molecule has 0 heterocycles. The van der Waals surface area contributed by atoms with Crippen LogP contribution in [0, 0.1) is 16.2 Å². The van der Waals surface area contributed by atoms with Gasteiger partial charge in [-0.2, -0.15) is 0 Å². The van der Waals surface area contributed by atoms with Gasteiger partial charge in [0, 0.05) is 11.8 Å². The monoisotopic (exact) mass is 388 g/mol. The van der Waals surface area contributed by atoms with Gasteiger partial charge in [-0.25, -0.2) is 0 Å². The third-order valence-corrected chi connectivity index (χ3v) is 4.24. The Hall–Kier alpha value is -1.14. The van der Waals surface area contributed by atoms with Gasteiger partial charge in [-0.3, -0.25) is 9.59 Å². The van der Waals surface area contributed by atoms with Crippen LogP contribution in [0.2, 0.25) is 0 Å². The van der Waals surface area contributed by atoms with Crippen LogP contribution in [0.5, 0.6) is 0 Å². The van der Waals surface area contributed by atoms with Crippen molar-refractivity contribution in [1.29, 1.82) is 0 Å². The predicted molar refractivity (Wildman–Crippen MR) is 105 cm³/mol. The zero-order valence-corrected chi connectivity index (χ0v) is 18.9. The van der Waals surface area contributed by atoms with E-state index in [1.807, 2.05) is 0 Å². The van der Waals surface area contributed by atoms with Crippen molar-refractivity contribution in [2.45, 2.75) is 93.3 Å². The molecule has 0 saturated carbocycles. The summed E-state index contributed by atoms with van der Waals surface area (Å²) < 4.78 is 11.0. The van der Waals surface area contributed by atoms with E-state index in [-0.39, 0.29) is 19.6 Å². The third-order valence-electron chi connectivity index (χ3n) is 4.24. The Balaban J connectivity index is 5.05. The first-order valence-electron chi connectivity index (χ1n) is 9.47. The fraction of sp³-hybridized carbons (Fsp3) is 0.905. The molecule has 0 aliphatic heterocycles. The molecule has 160 valence electrons. The van der Waals surface area contributed by atoms with E-state index in [0.717, 1.165) is 0 Å². The highest BCUT2D eigenvalue weighted by Crippen LogP contribution is 2.37. The Bertz CT molecular complexity index is 523. The van der Waals surface area contributed by atoms with Crippen molar-refractivity contribution in [3.8, 4) is 0 Å². The lowest BCUT2D eigenvalue weighted by Gasteiger charge is -2.37. The average molecular weight is 389 g/mol. The van der Waals surface area contributed by atoms with E-state index in [1.165, 1.54) is 0 Å². The molecular formula is C21H40O6. The van der Waals surface area contributed by atoms with Gasteiger partial charge in [0.25, 0.3) is 0 Å². The van der Waals surface area contributed by atoms with Gasteiger partial charge >= 0.3 is 11.9 Å². The van der Waals surface area contributed by atoms with Crippen LogP contribution in [-0.4, -0.2) is 46.6 Å². The minimum Gasteiger partial charge on any atom is -0.465 e. The number of carbonyl (C=O) groups excluding carboxylic acids is 2. The van der Waals surface area contributed by atoms with Crippen molar-refractivity contribution in [3.63, 3.8) is 0 Å². The lowest BCUT2D eigenvalue weighted by atomic mass is 9.75. The van der Waals surface area contributed by atoms with Gasteiger partial charge in [0.05, 0.1) is 29.6 Å². The number of ether oxygens (including phenoxy) is 2. The Morgan fingerprint density at radius 2 is 1.22 bits per heavy atom. The first-order chi connectivity index (χ1) is 11.7. The van der Waals surface area contributed by atoms with Crippen molar-refractivity contribution in [2.75, 3.05) is 13.2 Å². The number of esters is 2. The van der Waals surface area contributed by atoms with Gasteiger partial charge < -0.3 is 19.7 Å². The quantitative estimate of drug-likeness (QED) is 0.557. The van der Waals surface area contributed by atoms with E-state index in [4.69, 9.17) is 9.47 Å². The van der Waals surface area contributed by atoms with Gasteiger partial charge in [-0.1, -0.05) is 13.8 Å². The van der Waals surface area contributed by atoms with Crippen LogP contribution >= 0.6 is 0 Å². The van der Waals surface area contributed by atoms with Gasteiger partial charge in [0.2, 0.25) is 0 Å². The van der Waals surface area contributed by atoms with Gasteiger partial charge in [0.15, 0.2) is 0 Å². The number of aliphatic hydroxyl groups is 2. The summed E-state index contributed by atoms with van der Waals surface area (Å²) in [6.07, 6.45) is 0.541. The Labute approximate surface area is 164 Å². The summed E-state index contributed by atoms with van der Waals surface area (Å²) >= 11 is 0. The molecule has 6 heteroatoms. The van der Waals surface area contributed by atoms with Crippen LogP contribution in [0.15, 0.2) is 0 Å². The van der Waals surface area contributed by atoms with Crippen LogP contribution in [0.4, 0.5) is 0 Å². The maximum absolute atomic E-state index is 12.7. The summed E-state index contributed by atoms with van der Waals surface area (Å²) in [7, 11) is 0. The molecule has 0 aromatic rings. The number of hydrogen-bond donors (Lipinski definition) is 2. The summed E-state index contributed by atoms with van der Waals surface area (Å²) in [5.41, 5.74) is -4.11. The van der Waals surface area contributed by atoms with Crippen molar-refractivity contribution >= 4 is 11.9 Å². The first kappa shape index (κ1) is 25.9. The highest BCUT2D eigenvalue weighted by molar-refractivity contribution is 5.80. The number of carbonyl (C=O) groups is 2. The van der Waals surface area contributed by atoms with Gasteiger partial charge in [-0.15, -0.1) is 0 Å². The van der Waals surface area contributed by atoms with E-state index < -0.39 is 39.4 Å². The summed E-state index contributed by atoms with van der Waals surface area (Å²) in [5.74, 6) is -0.839. The van der Waals surface area contributed by atoms with E-state index in [2.05, 4.69) is 0 Å². The zero-order chi connectivity index (χ0) is 21.9. The second-order valence-electron chi connectivity index (χ2n) is 11.0. The normalized spacial score (nSPS) is 14.1. The lowest BCUT2D eigenvalue weighted by molar-refractivity contribution is -0.175. The highest BCUT2D eigenvalue weighted by Gasteiger charge is 2.43. The molecule has 0 unspecified atom stereocenters. The van der Waals surface area contributed by atoms with Crippen LogP contribution in [-0.2, 0) is 19.1 Å². The number of aliphatic hydroxyl groups excluding tert-OH is 1. The zero-order valence-electron chi connectivity index (χ0n) is 18.9. The molecule has 0 fully saturated rings. The van der Waals surface area contributed by atoms with Crippen LogP contribution in [0.1, 0.15) is 82.1 Å². The van der Waals surface area contributed by atoms with Crippen LogP contribution in [0.25, 0.3) is 0 Å². The largest absolute Gasteiger partial charge is 0.465 e. The summed E-state index contributed by atoms with van der Waals surface area (Å²) in [4.78, 5) is 25.3. The molecule has 0 saturated heterocycles. The lowest BCUT2D eigenvalue weighted by Crippen LogP contribution is -2.43. The molecule has 0 bridgehead atoms. The van der Waals surface area contributed by atoms with Crippen LogP contribution < -0.4 is 0 Å². The summed E-state index contributed by atoms with van der Waals surface area (Å²) in [5, 5.41) is 19.3. The van der Waals surface area contributed by atoms with E-state index in [9.17, 15) is 19.8 Å². The first-order valence-corrected chi connectivity index (χ1v) is 9.47. The molecule has 2 N–H and O–H groups in total. The molecular weight excluding hydrogens is 348 g/mol. The molecule has 27 heavy (non-hydrogen) atoms. The van der Waals surface area contributed by atoms with E-state index >= 15 is 0 Å². The van der Waals surface area contributed by atoms with Crippen LogP contribution in [0.3, 0.4) is 0 Å². The molecule has 6 nitrogen and oxygen atoms in total. The minimum absolute atomic E-state index is 0.0885. The van der Waals surface area contributed by atoms with Gasteiger partial charge in [0.1, 0.15) is 5.60 Å². The van der Waals surface area contributed by atoms with Crippen molar-refractivity contribution in [3.05, 3.63) is 0 Å². The molecule has 0 radical (unpaired) electrons. The maximum Gasteiger partial charge on any atom is 0.312 e. The van der Waals surface area contributed by atoms with Crippen molar-refractivity contribution in [1.82, 2.24) is 0 Å². The molecule has 0 aliphatic carbocycles. The number of rotatable bonds is 10. The average Bonchev–Trinajstić information content (AvgIpc) is 2.40. The molecule has 0 aliphatic rings. The molecule has 0 amide bonds. The van der Waals surface area contributed by atoms with E-state index in [0.29, 0.717) is 6.42 Å². The Morgan fingerprint density at radius 3 is 1.63 bits per heavy atom. The van der Waals surface area contributed by atoms with Gasteiger partial charge in [-0.05, 0) is 61.8 Å². The Kier molecular flexibility index (Phi) is 8.12. The van der Waals surface area contributed by atoms with Crippen molar-refractivity contribution < 1.29 is 29.3 Å². The summed E-state index contributed by atoms with van der Waals surface area (Å²) in [6, 6.07) is 0. The molecule has 0 spiro atoms. The minimum atomic E-state index is -0.962. The Morgan fingerprint density at radius 1 is 0.778 bits per heavy atom. The molecule has 0 aromatic heterocycles. The maximum atomic E-state index is 12.7. The molecule has 0 aromatic carbocycles. The predicted octanol–water partition coefficient (Wildman–Crippen LogP) is 3.47. The molecule has 0 atom stereocenters. The smallest absolute Gasteiger partial charge is 0.312 e. The SMILES string of the molecule is CC(C)(O)CC(C)(C)OC(=O)C(C)(C)CC(C)(C)C(=O)OCC(C)(C)CO. The standard InChI is InChI=1S/C21H40O6/c1-17(2,13-22)14-26-15(23)18(3,4)11-19(5,6)16(24)27-21(9,10)12-20(7,8)25/h22,25H,11-14H2,1-10H3. The molecule has 0 rings (SSSR count). The highest BCUT2D eigenvalue weighted by atomic mass is 16.6. The number of hydrogen-bond acceptors (Lipinski definition) is 6. The summed E-state index contributed by atoms with van der Waals surface area (Å²) in [6.45, 7) is 17.4. The third kappa shape index (κ3) is 9.56. The topological polar surface area (TPSA) is 93.1 Å². The van der Waals surface area contributed by atoms with Crippen molar-refractivity contribution in [2.24, 2.45) is 16.2 Å². The fourth-order valence-corrected chi connectivity index (χ4v) is 3.22. The second-order valence-corrected chi connectivity index (χ2v) is 11.0. The fourth-order valence-electron chi connectivity index (χ4n) is 3.22.